The lowest BCUT2D eigenvalue weighted by atomic mass is 10.1. The fraction of sp³-hybridized carbons (Fsp3) is 0.235. The highest BCUT2D eigenvalue weighted by Gasteiger charge is 2.14. The van der Waals surface area contributed by atoms with Crippen molar-refractivity contribution < 1.29 is 0 Å². The van der Waals surface area contributed by atoms with Crippen molar-refractivity contribution in [2.75, 3.05) is 6.26 Å². The number of pyridine rings is 1. The highest BCUT2D eigenvalue weighted by atomic mass is 32.2. The second kappa shape index (κ2) is 6.32. The summed E-state index contributed by atoms with van der Waals surface area (Å²) in [6.07, 6.45) is 5.20. The summed E-state index contributed by atoms with van der Waals surface area (Å²) in [5.41, 5.74) is 3.67. The maximum atomic E-state index is 12.0. The number of hydrogen-bond donors (Lipinski definition) is 1. The maximum absolute atomic E-state index is 12.0. The van der Waals surface area contributed by atoms with Gasteiger partial charge < -0.3 is 4.98 Å². The SMILES string of the molecule is CSc1c(CCc2ccccc2)nc2nc[nH]c(=O)c2c1C. The van der Waals surface area contributed by atoms with Crippen LogP contribution in [0.15, 0.2) is 46.3 Å². The third kappa shape index (κ3) is 2.76. The van der Waals surface area contributed by atoms with Crippen molar-refractivity contribution in [2.45, 2.75) is 24.7 Å². The second-order valence-electron chi connectivity index (χ2n) is 5.13. The molecular formula is C17H17N3OS. The predicted molar refractivity (Wildman–Crippen MR) is 90.5 cm³/mol. The molecule has 1 aromatic carbocycles. The van der Waals surface area contributed by atoms with Gasteiger partial charge in [0.15, 0.2) is 5.65 Å². The van der Waals surface area contributed by atoms with E-state index >= 15 is 0 Å². The molecule has 0 unspecified atom stereocenters. The van der Waals surface area contributed by atoms with Gasteiger partial charge >= 0.3 is 0 Å². The molecule has 2 heterocycles. The van der Waals surface area contributed by atoms with Crippen LogP contribution in [0, 0.1) is 6.92 Å². The van der Waals surface area contributed by atoms with Gasteiger partial charge in [0.05, 0.1) is 17.4 Å². The molecule has 3 rings (SSSR count). The molecule has 0 saturated heterocycles. The van der Waals surface area contributed by atoms with Gasteiger partial charge in [-0.05, 0) is 37.1 Å². The molecule has 0 aliphatic carbocycles. The van der Waals surface area contributed by atoms with Crippen LogP contribution in [-0.4, -0.2) is 21.2 Å². The Hall–Kier alpha value is -2.14. The van der Waals surface area contributed by atoms with Crippen molar-refractivity contribution in [1.29, 1.82) is 0 Å². The van der Waals surface area contributed by atoms with Gasteiger partial charge in [0.2, 0.25) is 0 Å². The van der Waals surface area contributed by atoms with Crippen LogP contribution in [0.4, 0.5) is 0 Å². The highest BCUT2D eigenvalue weighted by molar-refractivity contribution is 7.98. The predicted octanol–water partition coefficient (Wildman–Crippen LogP) is 3.13. The Morgan fingerprint density at radius 3 is 2.68 bits per heavy atom. The van der Waals surface area contributed by atoms with Crippen LogP contribution in [-0.2, 0) is 12.8 Å². The third-order valence-corrected chi connectivity index (χ3v) is 4.70. The van der Waals surface area contributed by atoms with Gasteiger partial charge in [0.1, 0.15) is 0 Å². The summed E-state index contributed by atoms with van der Waals surface area (Å²) in [7, 11) is 0. The molecule has 1 N–H and O–H groups in total. The van der Waals surface area contributed by atoms with E-state index in [-0.39, 0.29) is 5.56 Å². The average molecular weight is 311 g/mol. The number of aromatic amines is 1. The fourth-order valence-corrected chi connectivity index (χ4v) is 3.46. The van der Waals surface area contributed by atoms with Crippen LogP contribution in [0.5, 0.6) is 0 Å². The summed E-state index contributed by atoms with van der Waals surface area (Å²) in [5, 5.41) is 0.593. The van der Waals surface area contributed by atoms with Gasteiger partial charge in [0.25, 0.3) is 5.56 Å². The third-order valence-electron chi connectivity index (χ3n) is 3.75. The molecule has 3 aromatic rings. The minimum absolute atomic E-state index is 0.125. The molecule has 0 radical (unpaired) electrons. The Balaban J connectivity index is 2.04. The van der Waals surface area contributed by atoms with Crippen molar-refractivity contribution in [3.8, 4) is 0 Å². The summed E-state index contributed by atoms with van der Waals surface area (Å²) >= 11 is 1.64. The van der Waals surface area contributed by atoms with Gasteiger partial charge in [-0.15, -0.1) is 11.8 Å². The van der Waals surface area contributed by atoms with E-state index in [2.05, 4.69) is 27.1 Å². The Morgan fingerprint density at radius 2 is 1.95 bits per heavy atom. The smallest absolute Gasteiger partial charge is 0.260 e. The molecule has 5 heteroatoms. The number of rotatable bonds is 4. The molecule has 22 heavy (non-hydrogen) atoms. The Kier molecular flexibility index (Phi) is 4.24. The van der Waals surface area contributed by atoms with E-state index in [1.807, 2.05) is 31.4 Å². The van der Waals surface area contributed by atoms with Crippen molar-refractivity contribution in [3.05, 3.63) is 63.8 Å². The first kappa shape index (κ1) is 14.8. The minimum atomic E-state index is -0.125. The van der Waals surface area contributed by atoms with Crippen LogP contribution in [0.3, 0.4) is 0 Å². The maximum Gasteiger partial charge on any atom is 0.260 e. The van der Waals surface area contributed by atoms with Gasteiger partial charge in [-0.25, -0.2) is 9.97 Å². The largest absolute Gasteiger partial charge is 0.312 e. The van der Waals surface area contributed by atoms with Crippen molar-refractivity contribution in [3.63, 3.8) is 0 Å². The second-order valence-corrected chi connectivity index (χ2v) is 5.95. The Morgan fingerprint density at radius 1 is 1.18 bits per heavy atom. The molecule has 0 bridgehead atoms. The van der Waals surface area contributed by atoms with Crippen molar-refractivity contribution >= 4 is 22.8 Å². The van der Waals surface area contributed by atoms with Gasteiger partial charge in [-0.3, -0.25) is 4.79 Å². The normalized spacial score (nSPS) is 11.0. The van der Waals surface area contributed by atoms with E-state index in [1.54, 1.807) is 11.8 Å². The zero-order chi connectivity index (χ0) is 15.5. The van der Waals surface area contributed by atoms with E-state index in [0.717, 1.165) is 29.0 Å². The van der Waals surface area contributed by atoms with Gasteiger partial charge in [0, 0.05) is 4.90 Å². The molecule has 2 aromatic heterocycles. The monoisotopic (exact) mass is 311 g/mol. The summed E-state index contributed by atoms with van der Waals surface area (Å²) in [6, 6.07) is 10.4. The molecule has 0 aliphatic rings. The molecule has 4 nitrogen and oxygen atoms in total. The number of hydrogen-bond acceptors (Lipinski definition) is 4. The van der Waals surface area contributed by atoms with Crippen LogP contribution < -0.4 is 5.56 Å². The first-order valence-corrected chi connectivity index (χ1v) is 8.38. The standard InChI is InChI=1S/C17H17N3OS/c1-11-14-16(18-10-19-17(14)21)20-13(15(11)22-2)9-8-12-6-4-3-5-7-12/h3-7,10H,8-9H2,1-2H3,(H,18,19,20,21). The number of aryl methyl sites for hydroxylation is 3. The summed E-state index contributed by atoms with van der Waals surface area (Å²) in [6.45, 7) is 1.97. The van der Waals surface area contributed by atoms with Crippen LogP contribution >= 0.6 is 11.8 Å². The quantitative estimate of drug-likeness (QED) is 0.752. The zero-order valence-electron chi connectivity index (χ0n) is 12.6. The van der Waals surface area contributed by atoms with E-state index in [1.165, 1.54) is 11.9 Å². The van der Waals surface area contributed by atoms with E-state index in [9.17, 15) is 4.79 Å². The van der Waals surface area contributed by atoms with Crippen molar-refractivity contribution in [2.24, 2.45) is 0 Å². The van der Waals surface area contributed by atoms with Crippen LogP contribution in [0.2, 0.25) is 0 Å². The number of H-pyrrole nitrogens is 1. The summed E-state index contributed by atoms with van der Waals surface area (Å²) in [5.74, 6) is 0. The van der Waals surface area contributed by atoms with Crippen molar-refractivity contribution in [1.82, 2.24) is 15.0 Å². The molecule has 0 aliphatic heterocycles. The molecule has 0 fully saturated rings. The summed E-state index contributed by atoms with van der Waals surface area (Å²) < 4.78 is 0. The van der Waals surface area contributed by atoms with Crippen LogP contribution in [0.1, 0.15) is 16.8 Å². The summed E-state index contributed by atoms with van der Waals surface area (Å²) in [4.78, 5) is 24.6. The zero-order valence-corrected chi connectivity index (χ0v) is 13.4. The van der Waals surface area contributed by atoms with E-state index in [4.69, 9.17) is 0 Å². The molecule has 112 valence electrons. The lowest BCUT2D eigenvalue weighted by Crippen LogP contribution is -2.11. The first-order valence-electron chi connectivity index (χ1n) is 7.15. The van der Waals surface area contributed by atoms with E-state index in [0.29, 0.717) is 11.0 Å². The molecule has 0 amide bonds. The van der Waals surface area contributed by atoms with E-state index < -0.39 is 0 Å². The number of aromatic nitrogens is 3. The van der Waals surface area contributed by atoms with Gasteiger partial charge in [-0.1, -0.05) is 30.3 Å². The van der Waals surface area contributed by atoms with Gasteiger partial charge in [-0.2, -0.15) is 0 Å². The molecule has 0 atom stereocenters. The Bertz CT molecular complexity index is 859. The topological polar surface area (TPSA) is 58.6 Å². The Labute approximate surface area is 133 Å². The number of benzene rings is 1. The first-order chi connectivity index (χ1) is 10.7. The lowest BCUT2D eigenvalue weighted by molar-refractivity contribution is 0.881. The molecular weight excluding hydrogens is 294 g/mol. The molecule has 0 spiro atoms. The lowest BCUT2D eigenvalue weighted by Gasteiger charge is -2.12. The number of nitrogens with zero attached hydrogens (tertiary/aromatic N) is 2. The number of nitrogens with one attached hydrogen (secondary N) is 1. The molecule has 0 saturated carbocycles. The fourth-order valence-electron chi connectivity index (χ4n) is 2.67. The average Bonchev–Trinajstić information content (AvgIpc) is 2.54. The number of fused-ring (bicyclic) bond motifs is 1. The van der Waals surface area contributed by atoms with Crippen LogP contribution in [0.25, 0.3) is 11.0 Å². The minimum Gasteiger partial charge on any atom is -0.312 e. The number of thioether (sulfide) groups is 1. The highest BCUT2D eigenvalue weighted by Crippen LogP contribution is 2.28.